The van der Waals surface area contributed by atoms with Crippen molar-refractivity contribution in [3.05, 3.63) is 156 Å². The Morgan fingerprint density at radius 3 is 1.02 bits per heavy atom. The second-order valence-corrected chi connectivity index (χ2v) is 10.2. The fraction of sp³-hybridized carbons (Fsp3) is 0.176. The van der Waals surface area contributed by atoms with E-state index in [1.165, 1.54) is 84.9 Å². The van der Waals surface area contributed by atoms with Gasteiger partial charge in [-0.2, -0.15) is 26.3 Å². The van der Waals surface area contributed by atoms with Crippen molar-refractivity contribution in [2.45, 2.75) is 35.6 Å². The first-order valence-electron chi connectivity index (χ1n) is 13.7. The third-order valence-corrected chi connectivity index (χ3v) is 7.32. The number of nitrogens with two attached hydrogens (primary N) is 2. The summed E-state index contributed by atoms with van der Waals surface area (Å²) in [5.41, 5.74) is 4.20. The number of ether oxygens (including phenoxy) is 2. The van der Waals surface area contributed by atoms with E-state index in [0.29, 0.717) is 0 Å². The summed E-state index contributed by atoms with van der Waals surface area (Å²) in [5.74, 6) is -3.46. The van der Waals surface area contributed by atoms with Crippen LogP contribution in [0.1, 0.15) is 34.3 Å². The van der Waals surface area contributed by atoms with Crippen molar-refractivity contribution in [2.75, 3.05) is 0 Å². The molecule has 0 amide bonds. The summed E-state index contributed by atoms with van der Waals surface area (Å²) < 4.78 is 99.7. The zero-order valence-electron chi connectivity index (χ0n) is 23.9. The zero-order chi connectivity index (χ0) is 33.6. The first-order chi connectivity index (χ1) is 21.7. The summed E-state index contributed by atoms with van der Waals surface area (Å²) in [6, 6.07) is 22.4. The molecule has 0 aliphatic heterocycles. The van der Waals surface area contributed by atoms with Crippen LogP contribution in [0.3, 0.4) is 0 Å². The lowest BCUT2D eigenvalue weighted by molar-refractivity contribution is -0.283. The normalized spacial score (nSPS) is 16.1. The second-order valence-electron chi connectivity index (χ2n) is 10.2. The Morgan fingerprint density at radius 2 is 0.761 bits per heavy atom. The van der Waals surface area contributed by atoms with Gasteiger partial charge in [-0.3, -0.25) is 0 Å². The highest BCUT2D eigenvalue weighted by atomic mass is 19.4. The van der Waals surface area contributed by atoms with Gasteiger partial charge >= 0.3 is 24.3 Å². The fourth-order valence-electron chi connectivity index (χ4n) is 5.08. The van der Waals surface area contributed by atoms with Gasteiger partial charge in [-0.05, 0) is 11.1 Å². The highest BCUT2D eigenvalue weighted by Crippen LogP contribution is 2.51. The van der Waals surface area contributed by atoms with Gasteiger partial charge in [0, 0.05) is 23.3 Å². The molecule has 4 rings (SSSR count). The summed E-state index contributed by atoms with van der Waals surface area (Å²) in [7, 11) is 0. The Kier molecular flexibility index (Phi) is 10.0. The van der Waals surface area contributed by atoms with Crippen molar-refractivity contribution in [3.8, 4) is 0 Å². The van der Waals surface area contributed by atoms with Crippen LogP contribution in [0.2, 0.25) is 0 Å². The fourth-order valence-corrected chi connectivity index (χ4v) is 5.08. The summed E-state index contributed by atoms with van der Waals surface area (Å²) in [4.78, 5) is 26.0. The number of alkyl halides is 6. The summed E-state index contributed by atoms with van der Waals surface area (Å²) >= 11 is 0. The number of carbonyl (C=O) groups is 2. The lowest BCUT2D eigenvalue weighted by Crippen LogP contribution is -2.53. The van der Waals surface area contributed by atoms with Crippen molar-refractivity contribution in [2.24, 2.45) is 11.5 Å². The van der Waals surface area contributed by atoms with Crippen LogP contribution in [0, 0.1) is 0 Å². The monoisotopic (exact) mass is 642 g/mol. The molecule has 0 radical (unpaired) electrons. The van der Waals surface area contributed by atoms with Crippen molar-refractivity contribution < 1.29 is 45.4 Å². The third-order valence-electron chi connectivity index (χ3n) is 7.32. The molecule has 4 aromatic carbocycles. The Bertz CT molecular complexity index is 1510. The van der Waals surface area contributed by atoms with Crippen molar-refractivity contribution >= 4 is 11.9 Å². The number of halogens is 6. The van der Waals surface area contributed by atoms with E-state index in [1.54, 1.807) is 12.1 Å². The van der Waals surface area contributed by atoms with Crippen molar-refractivity contribution in [1.29, 1.82) is 0 Å². The quantitative estimate of drug-likeness (QED) is 0.110. The maximum Gasteiger partial charge on any atom is 0.434 e. The Balaban J connectivity index is 1.72. The van der Waals surface area contributed by atoms with E-state index in [-0.39, 0.29) is 23.3 Å². The topological polar surface area (TPSA) is 105 Å². The lowest BCUT2D eigenvalue weighted by Gasteiger charge is -2.40. The van der Waals surface area contributed by atoms with Gasteiger partial charge in [0.2, 0.25) is 0 Å². The molecule has 12 heteroatoms. The molecule has 0 bridgehead atoms. The van der Waals surface area contributed by atoms with Gasteiger partial charge in [-0.25, -0.2) is 9.59 Å². The molecular formula is C34H28F6N2O4. The zero-order valence-corrected chi connectivity index (χ0v) is 23.9. The van der Waals surface area contributed by atoms with Crippen molar-refractivity contribution in [1.82, 2.24) is 0 Å². The molecule has 0 aliphatic rings. The van der Waals surface area contributed by atoms with E-state index >= 15 is 0 Å². The summed E-state index contributed by atoms with van der Waals surface area (Å²) in [6.07, 6.45) is -10.1. The lowest BCUT2D eigenvalue weighted by atomic mass is 9.82. The molecule has 0 heterocycles. The smallest absolute Gasteiger partial charge is 0.434 e. The van der Waals surface area contributed by atoms with Crippen LogP contribution in [0.25, 0.3) is 0 Å². The number of hydrogen-bond acceptors (Lipinski definition) is 6. The number of esters is 2. The molecule has 0 spiro atoms. The van der Waals surface area contributed by atoms with E-state index in [0.717, 1.165) is 24.3 Å². The van der Waals surface area contributed by atoms with E-state index in [1.807, 2.05) is 0 Å². The first kappa shape index (κ1) is 33.9. The van der Waals surface area contributed by atoms with E-state index in [9.17, 15) is 35.9 Å². The number of hydrogen-bond donors (Lipinski definition) is 2. The Morgan fingerprint density at radius 1 is 0.500 bits per heavy atom. The maximum absolute atomic E-state index is 14.9. The average molecular weight is 643 g/mol. The molecule has 0 aromatic heterocycles. The van der Waals surface area contributed by atoms with Gasteiger partial charge in [0.25, 0.3) is 11.2 Å². The van der Waals surface area contributed by atoms with Crippen LogP contribution in [0.4, 0.5) is 26.3 Å². The number of benzene rings is 4. The van der Waals surface area contributed by atoms with Gasteiger partial charge in [0.15, 0.2) is 0 Å². The molecule has 0 saturated carbocycles. The molecular weight excluding hydrogens is 614 g/mol. The molecule has 4 N–H and O–H groups in total. The standard InChI is InChI=1S/C34H28F6N2O4/c35-33(36,37)31(25-17-9-3-10-18-25,29(41)23-13-5-1-6-14-23)45-27(43)21-22-28(44)46-32(34(38,39)40,26-19-11-4-12-20-26)30(42)24-15-7-2-8-16-24/h1-22,29-30H,41-42H2/b22-21-. The molecule has 0 saturated heterocycles. The summed E-state index contributed by atoms with van der Waals surface area (Å²) in [6.45, 7) is 0. The largest absolute Gasteiger partial charge is 0.439 e. The second kappa shape index (κ2) is 13.6. The summed E-state index contributed by atoms with van der Waals surface area (Å²) in [5, 5.41) is 0. The Hall–Kier alpha value is -4.94. The van der Waals surface area contributed by atoms with Gasteiger partial charge < -0.3 is 20.9 Å². The third kappa shape index (κ3) is 6.68. The SMILES string of the molecule is NC(c1ccccc1)C(OC(=O)/C=C\C(=O)OC(c1ccccc1)(C(N)c1ccccc1)C(F)(F)F)(c1ccccc1)C(F)(F)F. The van der Waals surface area contributed by atoms with Crippen LogP contribution >= 0.6 is 0 Å². The van der Waals surface area contributed by atoms with Gasteiger partial charge in [-0.15, -0.1) is 0 Å². The molecule has 4 unspecified atom stereocenters. The average Bonchev–Trinajstić information content (AvgIpc) is 3.05. The van der Waals surface area contributed by atoms with Crippen LogP contribution in [0.15, 0.2) is 133 Å². The molecule has 6 nitrogen and oxygen atoms in total. The van der Waals surface area contributed by atoms with Crippen molar-refractivity contribution in [3.63, 3.8) is 0 Å². The van der Waals surface area contributed by atoms with Gasteiger partial charge in [0.1, 0.15) is 0 Å². The van der Waals surface area contributed by atoms with Gasteiger partial charge in [0.05, 0.1) is 12.1 Å². The van der Waals surface area contributed by atoms with Crippen LogP contribution in [-0.4, -0.2) is 24.3 Å². The minimum atomic E-state index is -5.30. The predicted octanol–water partition coefficient (Wildman–Crippen LogP) is 6.94. The highest BCUT2D eigenvalue weighted by molar-refractivity contribution is 5.92. The van der Waals surface area contributed by atoms with E-state index in [4.69, 9.17) is 20.9 Å². The molecule has 46 heavy (non-hydrogen) atoms. The minimum absolute atomic E-state index is 0.0346. The molecule has 0 aliphatic carbocycles. The van der Waals surface area contributed by atoms with E-state index < -0.39 is 58.7 Å². The molecule has 4 atom stereocenters. The van der Waals surface area contributed by atoms with Crippen LogP contribution in [0.5, 0.6) is 0 Å². The van der Waals surface area contributed by atoms with Gasteiger partial charge in [-0.1, -0.05) is 121 Å². The highest BCUT2D eigenvalue weighted by Gasteiger charge is 2.64. The molecule has 4 aromatic rings. The predicted molar refractivity (Wildman–Crippen MR) is 156 cm³/mol. The first-order valence-corrected chi connectivity index (χ1v) is 13.7. The Labute approximate surface area is 260 Å². The maximum atomic E-state index is 14.9. The minimum Gasteiger partial charge on any atom is -0.439 e. The molecule has 0 fully saturated rings. The number of rotatable bonds is 10. The molecule has 240 valence electrons. The van der Waals surface area contributed by atoms with Crippen LogP contribution < -0.4 is 11.5 Å². The van der Waals surface area contributed by atoms with Crippen LogP contribution in [-0.2, 0) is 30.3 Å². The number of carbonyl (C=O) groups excluding carboxylic acids is 2. The van der Waals surface area contributed by atoms with E-state index in [2.05, 4.69) is 0 Å².